The van der Waals surface area contributed by atoms with Gasteiger partial charge >= 0.3 is 0 Å². The Balaban J connectivity index is 2.30. The third-order valence-electron chi connectivity index (χ3n) is 2.77. The summed E-state index contributed by atoms with van der Waals surface area (Å²) in [5.74, 6) is 1.70. The van der Waals surface area contributed by atoms with E-state index in [0.717, 1.165) is 11.8 Å². The van der Waals surface area contributed by atoms with Gasteiger partial charge in [-0.05, 0) is 24.7 Å². The summed E-state index contributed by atoms with van der Waals surface area (Å²) >= 11 is 0. The predicted molar refractivity (Wildman–Crippen MR) is 45.9 cm³/mol. The van der Waals surface area contributed by atoms with E-state index in [-0.39, 0.29) is 0 Å². The maximum Gasteiger partial charge on any atom is -0.0236 e. The highest BCUT2D eigenvalue weighted by Gasteiger charge is 2.16. The first-order valence-corrected chi connectivity index (χ1v) is 4.47. The van der Waals surface area contributed by atoms with Crippen molar-refractivity contribution in [2.24, 2.45) is 11.8 Å². The molecule has 1 aliphatic carbocycles. The first-order chi connectivity index (χ1) is 4.84. The van der Waals surface area contributed by atoms with Crippen molar-refractivity contribution in [3.05, 3.63) is 12.7 Å². The highest BCUT2D eigenvalue weighted by atomic mass is 14.2. The zero-order valence-corrected chi connectivity index (χ0v) is 6.97. The fourth-order valence-corrected chi connectivity index (χ4v) is 1.85. The van der Waals surface area contributed by atoms with Crippen molar-refractivity contribution in [2.45, 2.75) is 39.0 Å². The average molecular weight is 138 g/mol. The molecule has 0 bridgehead atoms. The van der Waals surface area contributed by atoms with Crippen molar-refractivity contribution in [1.82, 2.24) is 0 Å². The average Bonchev–Trinajstić information content (AvgIpc) is 2.05. The van der Waals surface area contributed by atoms with Crippen LogP contribution in [-0.2, 0) is 0 Å². The summed E-state index contributed by atoms with van der Waals surface area (Å²) in [6, 6.07) is 0. The van der Waals surface area contributed by atoms with Crippen LogP contribution in [-0.4, -0.2) is 0 Å². The van der Waals surface area contributed by atoms with Crippen molar-refractivity contribution >= 4 is 0 Å². The molecular weight excluding hydrogens is 120 g/mol. The van der Waals surface area contributed by atoms with Crippen molar-refractivity contribution in [3.63, 3.8) is 0 Å². The van der Waals surface area contributed by atoms with E-state index in [1.807, 2.05) is 0 Å². The van der Waals surface area contributed by atoms with Crippen LogP contribution in [0.3, 0.4) is 0 Å². The summed E-state index contributed by atoms with van der Waals surface area (Å²) in [5, 5.41) is 0. The zero-order chi connectivity index (χ0) is 7.40. The molecule has 0 nitrogen and oxygen atoms in total. The highest BCUT2D eigenvalue weighted by molar-refractivity contribution is 4.82. The molecular formula is C10H18. The SMILES string of the molecule is C=CC(C)C1CCCCC1. The first-order valence-electron chi connectivity index (χ1n) is 4.47. The summed E-state index contributed by atoms with van der Waals surface area (Å²) in [7, 11) is 0. The second kappa shape index (κ2) is 3.80. The van der Waals surface area contributed by atoms with Gasteiger partial charge in [-0.1, -0.05) is 32.3 Å². The van der Waals surface area contributed by atoms with E-state index in [9.17, 15) is 0 Å². The Kier molecular flexibility index (Phi) is 2.98. The Labute approximate surface area is 64.3 Å². The Morgan fingerprint density at radius 1 is 1.30 bits per heavy atom. The van der Waals surface area contributed by atoms with Gasteiger partial charge in [0.1, 0.15) is 0 Å². The largest absolute Gasteiger partial charge is 0.103 e. The van der Waals surface area contributed by atoms with E-state index in [4.69, 9.17) is 0 Å². The molecule has 0 heterocycles. The van der Waals surface area contributed by atoms with Gasteiger partial charge in [0.05, 0.1) is 0 Å². The summed E-state index contributed by atoms with van der Waals surface area (Å²) in [6.45, 7) is 6.13. The molecule has 0 aromatic rings. The first kappa shape index (κ1) is 7.84. The van der Waals surface area contributed by atoms with Crippen LogP contribution in [0, 0.1) is 11.8 Å². The predicted octanol–water partition coefficient (Wildman–Crippen LogP) is 3.39. The second-order valence-electron chi connectivity index (χ2n) is 3.49. The monoisotopic (exact) mass is 138 g/mol. The van der Waals surface area contributed by atoms with E-state index in [1.165, 1.54) is 32.1 Å². The van der Waals surface area contributed by atoms with Gasteiger partial charge in [-0.25, -0.2) is 0 Å². The van der Waals surface area contributed by atoms with Crippen LogP contribution >= 0.6 is 0 Å². The zero-order valence-electron chi connectivity index (χ0n) is 6.97. The Morgan fingerprint density at radius 3 is 2.40 bits per heavy atom. The Morgan fingerprint density at radius 2 is 1.90 bits per heavy atom. The van der Waals surface area contributed by atoms with Gasteiger partial charge in [0, 0.05) is 0 Å². The van der Waals surface area contributed by atoms with Gasteiger partial charge in [-0.3, -0.25) is 0 Å². The fraction of sp³-hybridized carbons (Fsp3) is 0.800. The summed E-state index contributed by atoms with van der Waals surface area (Å²) in [4.78, 5) is 0. The van der Waals surface area contributed by atoms with Crippen molar-refractivity contribution in [2.75, 3.05) is 0 Å². The third kappa shape index (κ3) is 1.86. The number of allylic oxidation sites excluding steroid dienone is 1. The van der Waals surface area contributed by atoms with Crippen LogP contribution in [0.2, 0.25) is 0 Å². The van der Waals surface area contributed by atoms with Crippen LogP contribution in [0.4, 0.5) is 0 Å². The molecule has 1 aliphatic rings. The topological polar surface area (TPSA) is 0 Å². The Hall–Kier alpha value is -0.260. The lowest BCUT2D eigenvalue weighted by Crippen LogP contribution is -2.12. The standard InChI is InChI=1S/C10H18/c1-3-9(2)10-7-5-4-6-8-10/h3,9-10H,1,4-8H2,2H3. The van der Waals surface area contributed by atoms with Gasteiger partial charge in [0.25, 0.3) is 0 Å². The molecule has 0 N–H and O–H groups in total. The minimum atomic E-state index is 0.750. The molecule has 10 heavy (non-hydrogen) atoms. The molecule has 0 aromatic heterocycles. The van der Waals surface area contributed by atoms with E-state index in [2.05, 4.69) is 19.6 Å². The van der Waals surface area contributed by atoms with E-state index in [0.29, 0.717) is 0 Å². The van der Waals surface area contributed by atoms with E-state index >= 15 is 0 Å². The van der Waals surface area contributed by atoms with Crippen molar-refractivity contribution in [1.29, 1.82) is 0 Å². The molecule has 0 aromatic carbocycles. The van der Waals surface area contributed by atoms with Crippen molar-refractivity contribution < 1.29 is 0 Å². The minimum Gasteiger partial charge on any atom is -0.103 e. The van der Waals surface area contributed by atoms with Gasteiger partial charge < -0.3 is 0 Å². The lowest BCUT2D eigenvalue weighted by Gasteiger charge is -2.25. The molecule has 0 radical (unpaired) electrons. The van der Waals surface area contributed by atoms with Gasteiger partial charge in [0.2, 0.25) is 0 Å². The normalized spacial score (nSPS) is 24.1. The number of rotatable bonds is 2. The van der Waals surface area contributed by atoms with Gasteiger partial charge in [-0.15, -0.1) is 6.58 Å². The lowest BCUT2D eigenvalue weighted by atomic mass is 9.81. The highest BCUT2D eigenvalue weighted by Crippen LogP contribution is 2.29. The molecule has 0 aliphatic heterocycles. The molecule has 0 saturated heterocycles. The maximum atomic E-state index is 3.84. The molecule has 1 atom stereocenters. The third-order valence-corrected chi connectivity index (χ3v) is 2.77. The smallest absolute Gasteiger partial charge is 0.0236 e. The van der Waals surface area contributed by atoms with Crippen LogP contribution in [0.5, 0.6) is 0 Å². The van der Waals surface area contributed by atoms with Crippen molar-refractivity contribution in [3.8, 4) is 0 Å². The molecule has 1 unspecified atom stereocenters. The lowest BCUT2D eigenvalue weighted by molar-refractivity contribution is 0.300. The quantitative estimate of drug-likeness (QED) is 0.513. The molecule has 1 rings (SSSR count). The van der Waals surface area contributed by atoms with E-state index in [1.54, 1.807) is 0 Å². The fourth-order valence-electron chi connectivity index (χ4n) is 1.85. The Bertz CT molecular complexity index is 98.6. The van der Waals surface area contributed by atoms with Crippen LogP contribution in [0.1, 0.15) is 39.0 Å². The van der Waals surface area contributed by atoms with Crippen LogP contribution in [0.25, 0.3) is 0 Å². The molecule has 0 spiro atoms. The minimum absolute atomic E-state index is 0.750. The number of hydrogen-bond donors (Lipinski definition) is 0. The number of hydrogen-bond acceptors (Lipinski definition) is 0. The summed E-state index contributed by atoms with van der Waals surface area (Å²) < 4.78 is 0. The molecule has 1 fully saturated rings. The summed E-state index contributed by atoms with van der Waals surface area (Å²) in [5.41, 5.74) is 0. The summed E-state index contributed by atoms with van der Waals surface area (Å²) in [6.07, 6.45) is 9.34. The van der Waals surface area contributed by atoms with Crippen LogP contribution < -0.4 is 0 Å². The van der Waals surface area contributed by atoms with Crippen LogP contribution in [0.15, 0.2) is 12.7 Å². The molecule has 1 saturated carbocycles. The van der Waals surface area contributed by atoms with E-state index < -0.39 is 0 Å². The molecule has 58 valence electrons. The maximum absolute atomic E-state index is 3.84. The molecule has 0 amide bonds. The second-order valence-corrected chi connectivity index (χ2v) is 3.49. The van der Waals surface area contributed by atoms with Gasteiger partial charge in [-0.2, -0.15) is 0 Å². The molecule has 0 heteroatoms. The van der Waals surface area contributed by atoms with Gasteiger partial charge in [0.15, 0.2) is 0 Å².